The Morgan fingerprint density at radius 1 is 1.38 bits per heavy atom. The van der Waals surface area contributed by atoms with Gasteiger partial charge in [-0.25, -0.2) is 4.79 Å². The van der Waals surface area contributed by atoms with E-state index in [4.69, 9.17) is 27.9 Å². The fourth-order valence-electron chi connectivity index (χ4n) is 1.96. The van der Waals surface area contributed by atoms with Crippen LogP contribution >= 0.6 is 34.5 Å². The molecule has 3 nitrogen and oxygen atoms in total. The highest BCUT2D eigenvalue weighted by Crippen LogP contribution is 2.36. The molecular weight excluding hydrogens is 329 g/mol. The molecule has 1 unspecified atom stereocenters. The molecule has 0 bridgehead atoms. The standard InChI is InChI=1S/C15H15Cl2NO2S/c1-3-20-15(19)10-6-4-5-7-12(10)18-9(2)11-8-13(16)21-14(11)17/h4-9,18H,3H2,1-2H3. The Hall–Kier alpha value is -1.23. The molecule has 1 atom stereocenters. The van der Waals surface area contributed by atoms with E-state index in [1.54, 1.807) is 19.1 Å². The summed E-state index contributed by atoms with van der Waals surface area (Å²) in [5.41, 5.74) is 2.12. The van der Waals surface area contributed by atoms with E-state index in [1.807, 2.05) is 25.1 Å². The first kappa shape index (κ1) is 16.1. The number of nitrogens with one attached hydrogen (secondary N) is 1. The molecule has 112 valence electrons. The number of benzene rings is 1. The number of rotatable bonds is 5. The lowest BCUT2D eigenvalue weighted by atomic mass is 10.1. The van der Waals surface area contributed by atoms with Crippen LogP contribution in [0.2, 0.25) is 8.67 Å². The first-order chi connectivity index (χ1) is 10.0. The summed E-state index contributed by atoms with van der Waals surface area (Å²) in [6, 6.07) is 8.99. The zero-order valence-electron chi connectivity index (χ0n) is 11.7. The van der Waals surface area contributed by atoms with Gasteiger partial charge in [-0.2, -0.15) is 0 Å². The SMILES string of the molecule is CCOC(=O)c1ccccc1NC(C)c1cc(Cl)sc1Cl. The molecule has 0 radical (unpaired) electrons. The second-order valence-corrected chi connectivity index (χ2v) is 6.70. The van der Waals surface area contributed by atoms with E-state index in [9.17, 15) is 4.79 Å². The summed E-state index contributed by atoms with van der Waals surface area (Å²) in [4.78, 5) is 11.9. The van der Waals surface area contributed by atoms with E-state index < -0.39 is 0 Å². The third kappa shape index (κ3) is 3.90. The Morgan fingerprint density at radius 3 is 2.71 bits per heavy atom. The summed E-state index contributed by atoms with van der Waals surface area (Å²) >= 11 is 13.5. The van der Waals surface area contributed by atoms with Crippen LogP contribution in [0, 0.1) is 0 Å². The van der Waals surface area contributed by atoms with Gasteiger partial charge in [0.15, 0.2) is 0 Å². The maximum atomic E-state index is 11.9. The van der Waals surface area contributed by atoms with E-state index >= 15 is 0 Å². The Bertz CT molecular complexity index is 642. The number of anilines is 1. The van der Waals surface area contributed by atoms with Gasteiger partial charge >= 0.3 is 5.97 Å². The lowest BCUT2D eigenvalue weighted by Crippen LogP contribution is -2.12. The van der Waals surface area contributed by atoms with Gasteiger partial charge in [0.1, 0.15) is 0 Å². The van der Waals surface area contributed by atoms with Crippen molar-refractivity contribution in [1.29, 1.82) is 0 Å². The van der Waals surface area contributed by atoms with Crippen molar-refractivity contribution < 1.29 is 9.53 Å². The predicted octanol–water partition coefficient (Wildman–Crippen LogP) is 5.40. The highest BCUT2D eigenvalue weighted by Gasteiger charge is 2.17. The zero-order chi connectivity index (χ0) is 15.4. The highest BCUT2D eigenvalue weighted by atomic mass is 35.5. The second kappa shape index (κ2) is 7.16. The third-order valence-corrected chi connectivity index (χ3v) is 4.46. The van der Waals surface area contributed by atoms with Crippen LogP contribution in [0.15, 0.2) is 30.3 Å². The first-order valence-electron chi connectivity index (χ1n) is 6.50. The van der Waals surface area contributed by atoms with E-state index in [2.05, 4.69) is 5.32 Å². The number of hydrogen-bond donors (Lipinski definition) is 1. The van der Waals surface area contributed by atoms with Gasteiger partial charge < -0.3 is 10.1 Å². The molecule has 0 fully saturated rings. The second-order valence-electron chi connectivity index (χ2n) is 4.41. The van der Waals surface area contributed by atoms with E-state index in [0.29, 0.717) is 26.5 Å². The maximum Gasteiger partial charge on any atom is 0.340 e. The number of halogens is 2. The van der Waals surface area contributed by atoms with Crippen molar-refractivity contribution in [2.45, 2.75) is 19.9 Å². The molecular formula is C15H15Cl2NO2S. The van der Waals surface area contributed by atoms with Crippen molar-refractivity contribution in [2.75, 3.05) is 11.9 Å². The number of carbonyl (C=O) groups is 1. The van der Waals surface area contributed by atoms with Gasteiger partial charge in [0.2, 0.25) is 0 Å². The van der Waals surface area contributed by atoms with Gasteiger partial charge in [-0.15, -0.1) is 11.3 Å². The molecule has 1 aromatic carbocycles. The number of carbonyl (C=O) groups excluding carboxylic acids is 1. The maximum absolute atomic E-state index is 11.9. The Balaban J connectivity index is 2.23. The van der Waals surface area contributed by atoms with E-state index in [1.165, 1.54) is 11.3 Å². The van der Waals surface area contributed by atoms with Crippen molar-refractivity contribution in [1.82, 2.24) is 0 Å². The van der Waals surface area contributed by atoms with Crippen molar-refractivity contribution in [2.24, 2.45) is 0 Å². The summed E-state index contributed by atoms with van der Waals surface area (Å²) < 4.78 is 6.35. The molecule has 0 amide bonds. The number of esters is 1. The quantitative estimate of drug-likeness (QED) is 0.738. The molecule has 0 spiro atoms. The average Bonchev–Trinajstić information content (AvgIpc) is 2.78. The van der Waals surface area contributed by atoms with Crippen LogP contribution in [0.1, 0.15) is 35.8 Å². The monoisotopic (exact) mass is 343 g/mol. The number of hydrogen-bond acceptors (Lipinski definition) is 4. The number of ether oxygens (including phenoxy) is 1. The van der Waals surface area contributed by atoms with Crippen LogP contribution in [0.5, 0.6) is 0 Å². The van der Waals surface area contributed by atoms with Crippen molar-refractivity contribution in [3.8, 4) is 0 Å². The summed E-state index contributed by atoms with van der Waals surface area (Å²) in [6.07, 6.45) is 0. The minimum absolute atomic E-state index is 0.0724. The van der Waals surface area contributed by atoms with E-state index in [-0.39, 0.29) is 12.0 Å². The predicted molar refractivity (Wildman–Crippen MR) is 88.8 cm³/mol. The molecule has 0 aliphatic rings. The summed E-state index contributed by atoms with van der Waals surface area (Å²) in [5, 5.41) is 3.28. The van der Waals surface area contributed by atoms with Crippen LogP contribution in [-0.4, -0.2) is 12.6 Å². The molecule has 1 heterocycles. The number of thiophene rings is 1. The zero-order valence-corrected chi connectivity index (χ0v) is 14.0. The van der Waals surface area contributed by atoms with Gasteiger partial charge in [-0.1, -0.05) is 35.3 Å². The van der Waals surface area contributed by atoms with Crippen LogP contribution < -0.4 is 5.32 Å². The number of para-hydroxylation sites is 1. The van der Waals surface area contributed by atoms with Gasteiger partial charge in [-0.3, -0.25) is 0 Å². The van der Waals surface area contributed by atoms with Crippen LogP contribution in [0.25, 0.3) is 0 Å². The van der Waals surface area contributed by atoms with E-state index in [0.717, 1.165) is 5.56 Å². The summed E-state index contributed by atoms with van der Waals surface area (Å²) in [6.45, 7) is 4.09. The molecule has 1 N–H and O–H groups in total. The fraction of sp³-hybridized carbons (Fsp3) is 0.267. The minimum Gasteiger partial charge on any atom is -0.462 e. The molecule has 0 aliphatic heterocycles. The van der Waals surface area contributed by atoms with Gasteiger partial charge in [-0.05, 0) is 32.0 Å². The average molecular weight is 344 g/mol. The smallest absolute Gasteiger partial charge is 0.340 e. The van der Waals surface area contributed by atoms with Crippen molar-refractivity contribution in [3.05, 3.63) is 50.1 Å². The Morgan fingerprint density at radius 2 is 2.10 bits per heavy atom. The topological polar surface area (TPSA) is 38.3 Å². The molecule has 21 heavy (non-hydrogen) atoms. The lowest BCUT2D eigenvalue weighted by Gasteiger charge is -2.17. The summed E-state index contributed by atoms with van der Waals surface area (Å²) in [7, 11) is 0. The molecule has 0 saturated heterocycles. The Kier molecular flexibility index (Phi) is 5.51. The van der Waals surface area contributed by atoms with Gasteiger partial charge in [0, 0.05) is 11.3 Å². The van der Waals surface area contributed by atoms with Crippen LogP contribution in [-0.2, 0) is 4.74 Å². The summed E-state index contributed by atoms with van der Waals surface area (Å²) in [5.74, 6) is -0.345. The Labute approximate surface area is 137 Å². The first-order valence-corrected chi connectivity index (χ1v) is 8.07. The van der Waals surface area contributed by atoms with Crippen LogP contribution in [0.3, 0.4) is 0 Å². The normalized spacial score (nSPS) is 12.0. The van der Waals surface area contributed by atoms with Gasteiger partial charge in [0.05, 0.1) is 26.9 Å². The molecule has 6 heteroatoms. The lowest BCUT2D eigenvalue weighted by molar-refractivity contribution is 0.0527. The van der Waals surface area contributed by atoms with Crippen LogP contribution in [0.4, 0.5) is 5.69 Å². The highest BCUT2D eigenvalue weighted by molar-refractivity contribution is 7.20. The largest absolute Gasteiger partial charge is 0.462 e. The fourth-order valence-corrected chi connectivity index (χ4v) is 3.60. The van der Waals surface area contributed by atoms with Crippen molar-refractivity contribution in [3.63, 3.8) is 0 Å². The third-order valence-electron chi connectivity index (χ3n) is 2.94. The molecule has 2 rings (SSSR count). The molecule has 0 aliphatic carbocycles. The molecule has 1 aromatic heterocycles. The van der Waals surface area contributed by atoms with Gasteiger partial charge in [0.25, 0.3) is 0 Å². The molecule has 0 saturated carbocycles. The minimum atomic E-state index is -0.345. The molecule has 2 aromatic rings. The van der Waals surface area contributed by atoms with Crippen molar-refractivity contribution >= 4 is 46.2 Å².